The molecule has 0 spiro atoms. The zero-order chi connectivity index (χ0) is 29.1. The molecule has 8 nitrogen and oxygen atoms in total. The molecule has 41 heavy (non-hydrogen) atoms. The van der Waals surface area contributed by atoms with Crippen molar-refractivity contribution in [2.24, 2.45) is 0 Å². The second kappa shape index (κ2) is 11.7. The summed E-state index contributed by atoms with van der Waals surface area (Å²) in [7, 11) is 8.69. The van der Waals surface area contributed by atoms with Gasteiger partial charge in [0.25, 0.3) is 0 Å². The molecule has 212 valence electrons. The molecule has 8 heteroatoms. The van der Waals surface area contributed by atoms with Crippen molar-refractivity contribution in [3.63, 3.8) is 0 Å². The summed E-state index contributed by atoms with van der Waals surface area (Å²) in [4.78, 5) is 11.3. The summed E-state index contributed by atoms with van der Waals surface area (Å²) in [6.45, 7) is 0.608. The maximum Gasteiger partial charge on any atom is 0.217 e. The normalized spacial score (nSPS) is 14.8. The zero-order valence-electron chi connectivity index (χ0n) is 24.3. The number of rotatable bonds is 10. The van der Waals surface area contributed by atoms with Crippen LogP contribution in [-0.2, 0) is 18.4 Å². The molecule has 0 aliphatic heterocycles. The van der Waals surface area contributed by atoms with Crippen LogP contribution in [0, 0.1) is 11.3 Å². The highest BCUT2D eigenvalue weighted by molar-refractivity contribution is 5.82. The van der Waals surface area contributed by atoms with E-state index in [1.807, 2.05) is 32.3 Å². The largest absolute Gasteiger partial charge is 0.481 e. The standard InChI is InChI=1S/C33H36N4O4/c1-37(2)15-14-33(38,24-18-29(39-3)36-30(19-24)40-4)31(26-11-7-9-22-8-6-10-25(22)26)27-17-23-16-21(20-34)12-13-28(23)35-32(27)41-5/h7,9,11-13,16-19,31,38H,6,8,10,14-15H2,1-5H3. The van der Waals surface area contributed by atoms with E-state index < -0.39 is 11.5 Å². The molecular weight excluding hydrogens is 516 g/mol. The maximum atomic E-state index is 13.2. The van der Waals surface area contributed by atoms with Crippen LogP contribution < -0.4 is 14.2 Å². The van der Waals surface area contributed by atoms with E-state index in [0.717, 1.165) is 35.8 Å². The molecule has 0 amide bonds. The molecule has 1 aliphatic carbocycles. The first-order chi connectivity index (χ1) is 19.8. The van der Waals surface area contributed by atoms with Gasteiger partial charge in [0.15, 0.2) is 0 Å². The Hall–Kier alpha value is -4.19. The quantitative estimate of drug-likeness (QED) is 0.294. The maximum absolute atomic E-state index is 13.2. The second-order valence-electron chi connectivity index (χ2n) is 10.8. The van der Waals surface area contributed by atoms with Crippen molar-refractivity contribution in [1.82, 2.24) is 14.9 Å². The Bertz CT molecular complexity index is 1590. The fourth-order valence-electron chi connectivity index (χ4n) is 6.01. The number of hydrogen-bond donors (Lipinski definition) is 1. The molecule has 4 aromatic rings. The Morgan fingerprint density at radius 2 is 1.71 bits per heavy atom. The molecule has 0 fully saturated rings. The first kappa shape index (κ1) is 28.3. The van der Waals surface area contributed by atoms with Gasteiger partial charge in [0.05, 0.1) is 38.5 Å². The summed E-state index contributed by atoms with van der Waals surface area (Å²) in [6, 6.07) is 19.6. The predicted molar refractivity (Wildman–Crippen MR) is 158 cm³/mol. The summed E-state index contributed by atoms with van der Waals surface area (Å²) in [5.41, 5.74) is 4.76. The lowest BCUT2D eigenvalue weighted by molar-refractivity contribution is 0.00311. The van der Waals surface area contributed by atoms with Crippen molar-refractivity contribution in [3.05, 3.63) is 88.0 Å². The van der Waals surface area contributed by atoms with Crippen LogP contribution in [0.3, 0.4) is 0 Å². The first-order valence-corrected chi connectivity index (χ1v) is 13.8. The van der Waals surface area contributed by atoms with Crippen LogP contribution in [0.1, 0.15) is 52.1 Å². The fourth-order valence-corrected chi connectivity index (χ4v) is 6.01. The number of hydrogen-bond acceptors (Lipinski definition) is 8. The Morgan fingerprint density at radius 3 is 2.37 bits per heavy atom. The molecular formula is C33H36N4O4. The van der Waals surface area contributed by atoms with Gasteiger partial charge < -0.3 is 24.2 Å². The van der Waals surface area contributed by atoms with E-state index in [1.54, 1.807) is 39.5 Å². The highest BCUT2D eigenvalue weighted by atomic mass is 16.5. The zero-order valence-corrected chi connectivity index (χ0v) is 24.3. The summed E-state index contributed by atoms with van der Waals surface area (Å²) in [5, 5.41) is 23.6. The smallest absolute Gasteiger partial charge is 0.217 e. The number of fused-ring (bicyclic) bond motifs is 2. The number of methoxy groups -OCH3 is 3. The number of aryl methyl sites for hydroxylation is 1. The van der Waals surface area contributed by atoms with Gasteiger partial charge in [0.1, 0.15) is 5.60 Å². The molecule has 2 aromatic carbocycles. The Labute approximate surface area is 241 Å². The monoisotopic (exact) mass is 552 g/mol. The van der Waals surface area contributed by atoms with E-state index in [-0.39, 0.29) is 0 Å². The van der Waals surface area contributed by atoms with Gasteiger partial charge in [-0.05, 0) is 86.3 Å². The minimum atomic E-state index is -1.44. The third kappa shape index (κ3) is 5.43. The van der Waals surface area contributed by atoms with Crippen LogP contribution in [0.15, 0.2) is 54.6 Å². The van der Waals surface area contributed by atoms with Gasteiger partial charge in [0.2, 0.25) is 17.6 Å². The Balaban J connectivity index is 1.86. The molecule has 0 saturated carbocycles. The Morgan fingerprint density at radius 1 is 0.951 bits per heavy atom. The average molecular weight is 553 g/mol. The van der Waals surface area contributed by atoms with Crippen LogP contribution in [0.4, 0.5) is 0 Å². The molecule has 0 radical (unpaired) electrons. The van der Waals surface area contributed by atoms with E-state index in [1.165, 1.54) is 11.1 Å². The van der Waals surface area contributed by atoms with Gasteiger partial charge in [-0.15, -0.1) is 0 Å². The number of nitriles is 1. The van der Waals surface area contributed by atoms with Crippen molar-refractivity contribution in [2.45, 2.75) is 37.2 Å². The van der Waals surface area contributed by atoms with E-state index in [9.17, 15) is 10.4 Å². The lowest BCUT2D eigenvalue weighted by Gasteiger charge is -2.39. The minimum Gasteiger partial charge on any atom is -0.481 e. The molecule has 2 heterocycles. The molecule has 1 N–H and O–H groups in total. The van der Waals surface area contributed by atoms with Gasteiger partial charge in [0, 0.05) is 35.5 Å². The third-order valence-electron chi connectivity index (χ3n) is 8.05. The third-order valence-corrected chi connectivity index (χ3v) is 8.05. The fraction of sp³-hybridized carbons (Fsp3) is 0.364. The van der Waals surface area contributed by atoms with E-state index >= 15 is 0 Å². The van der Waals surface area contributed by atoms with Crippen LogP contribution in [0.2, 0.25) is 0 Å². The summed E-state index contributed by atoms with van der Waals surface area (Å²) >= 11 is 0. The van der Waals surface area contributed by atoms with Crippen LogP contribution in [0.25, 0.3) is 10.9 Å². The molecule has 2 aromatic heterocycles. The average Bonchev–Trinajstić information content (AvgIpc) is 3.49. The van der Waals surface area contributed by atoms with Crippen molar-refractivity contribution in [1.29, 1.82) is 5.26 Å². The Kier molecular flexibility index (Phi) is 8.11. The number of aliphatic hydroxyl groups is 1. The highest BCUT2D eigenvalue weighted by Gasteiger charge is 2.44. The van der Waals surface area contributed by atoms with E-state index in [4.69, 9.17) is 19.2 Å². The summed E-state index contributed by atoms with van der Waals surface area (Å²) in [5.74, 6) is 0.563. The van der Waals surface area contributed by atoms with Crippen molar-refractivity contribution < 1.29 is 19.3 Å². The van der Waals surface area contributed by atoms with Crippen molar-refractivity contribution in [2.75, 3.05) is 42.0 Å². The van der Waals surface area contributed by atoms with Gasteiger partial charge in [-0.1, -0.05) is 18.2 Å². The molecule has 2 atom stereocenters. The van der Waals surface area contributed by atoms with Crippen LogP contribution >= 0.6 is 0 Å². The first-order valence-electron chi connectivity index (χ1n) is 13.8. The SMILES string of the molecule is COc1cc(C(O)(CCN(C)C)C(c2cc3cc(C#N)ccc3nc2OC)c2cccc3c2CCC3)cc(OC)n1. The molecule has 1 aliphatic rings. The van der Waals surface area contributed by atoms with Gasteiger partial charge in [-0.2, -0.15) is 10.2 Å². The second-order valence-corrected chi connectivity index (χ2v) is 10.8. The lowest BCUT2D eigenvalue weighted by Crippen LogP contribution is -2.38. The van der Waals surface area contributed by atoms with Crippen LogP contribution in [-0.4, -0.2) is 61.9 Å². The molecule has 5 rings (SSSR count). The number of pyridine rings is 2. The number of ether oxygens (including phenoxy) is 3. The predicted octanol–water partition coefficient (Wildman–Crippen LogP) is 4.99. The van der Waals surface area contributed by atoms with Crippen LogP contribution in [0.5, 0.6) is 17.6 Å². The van der Waals surface area contributed by atoms with Crippen molar-refractivity contribution in [3.8, 4) is 23.7 Å². The van der Waals surface area contributed by atoms with Crippen molar-refractivity contribution >= 4 is 10.9 Å². The number of aromatic nitrogens is 2. The number of nitrogens with zero attached hydrogens (tertiary/aromatic N) is 4. The molecule has 0 bridgehead atoms. The van der Waals surface area contributed by atoms with E-state index in [2.05, 4.69) is 34.2 Å². The van der Waals surface area contributed by atoms with Gasteiger partial charge in [-0.25, -0.2) is 4.98 Å². The van der Waals surface area contributed by atoms with Gasteiger partial charge >= 0.3 is 0 Å². The lowest BCUT2D eigenvalue weighted by atomic mass is 9.70. The highest BCUT2D eigenvalue weighted by Crippen LogP contribution is 2.50. The van der Waals surface area contributed by atoms with Gasteiger partial charge in [-0.3, -0.25) is 0 Å². The molecule has 2 unspecified atom stereocenters. The minimum absolute atomic E-state index is 0.349. The summed E-state index contributed by atoms with van der Waals surface area (Å²) in [6.07, 6.45) is 3.38. The van der Waals surface area contributed by atoms with E-state index in [0.29, 0.717) is 47.2 Å². The molecule has 0 saturated heterocycles. The topological polar surface area (TPSA) is 101 Å². The number of benzene rings is 2. The summed E-state index contributed by atoms with van der Waals surface area (Å²) < 4.78 is 17.0.